The van der Waals surface area contributed by atoms with Crippen molar-refractivity contribution in [2.45, 2.75) is 13.8 Å². The molecule has 1 amide bonds. The second-order valence-electron chi connectivity index (χ2n) is 5.00. The lowest BCUT2D eigenvalue weighted by Crippen LogP contribution is -2.19. The number of rotatable bonds is 5. The molecule has 0 saturated carbocycles. The summed E-state index contributed by atoms with van der Waals surface area (Å²) in [6.45, 7) is 4.58. The Morgan fingerprint density at radius 2 is 1.71 bits per heavy atom. The summed E-state index contributed by atoms with van der Waals surface area (Å²) in [4.78, 5) is 11.2. The van der Waals surface area contributed by atoms with Gasteiger partial charge in [-0.05, 0) is 37.6 Å². The highest BCUT2D eigenvalue weighted by molar-refractivity contribution is 5.91. The maximum Gasteiger partial charge on any atom is 0.243 e. The van der Waals surface area contributed by atoms with Crippen LogP contribution < -0.4 is 14.8 Å². The lowest BCUT2D eigenvalue weighted by molar-refractivity contribution is -0.116. The Kier molecular flexibility index (Phi) is 8.76. The average Bonchev–Trinajstić information content (AvgIpc) is 2.61. The lowest BCUT2D eigenvalue weighted by Gasteiger charge is -2.07. The first-order valence-corrected chi connectivity index (χ1v) is 7.80. The summed E-state index contributed by atoms with van der Waals surface area (Å²) in [5, 5.41) is 2.69. The van der Waals surface area contributed by atoms with Crippen molar-refractivity contribution in [2.24, 2.45) is 0 Å². The van der Waals surface area contributed by atoms with E-state index in [2.05, 4.69) is 24.4 Å². The Morgan fingerprint density at radius 1 is 1.04 bits per heavy atom. The van der Waals surface area contributed by atoms with E-state index in [4.69, 9.17) is 9.47 Å². The van der Waals surface area contributed by atoms with Gasteiger partial charge in [0.2, 0.25) is 5.91 Å². The van der Waals surface area contributed by atoms with Gasteiger partial charge in [0.05, 0.1) is 14.2 Å². The molecule has 0 heterocycles. The van der Waals surface area contributed by atoms with Gasteiger partial charge in [-0.1, -0.05) is 42.0 Å². The maximum atomic E-state index is 11.2. The highest BCUT2D eigenvalue weighted by atomic mass is 16.5. The largest absolute Gasteiger partial charge is 0.493 e. The summed E-state index contributed by atoms with van der Waals surface area (Å²) in [5.41, 5.74) is 2.21. The fourth-order valence-corrected chi connectivity index (χ4v) is 1.90. The quantitative estimate of drug-likeness (QED) is 0.849. The predicted octanol–water partition coefficient (Wildman–Crippen LogP) is 3.85. The standard InChI is InChI=1S/C13H17NO3.C7H8/c1-4-14-13(15)8-6-10-5-7-11(16-2)12(9-10)17-3;1-7-5-3-2-4-6-7/h5-9H,4H2,1-3H3,(H,14,15);2-6H,1H3/b8-6+;. The highest BCUT2D eigenvalue weighted by Crippen LogP contribution is 2.27. The SMILES string of the molecule is CCNC(=O)/C=C/c1ccc(OC)c(OC)c1.Cc1ccccc1. The molecule has 1 N–H and O–H groups in total. The van der Waals surface area contributed by atoms with Crippen molar-refractivity contribution in [3.63, 3.8) is 0 Å². The van der Waals surface area contributed by atoms with E-state index in [1.54, 1.807) is 26.4 Å². The van der Waals surface area contributed by atoms with Gasteiger partial charge in [0.25, 0.3) is 0 Å². The number of nitrogens with one attached hydrogen (secondary N) is 1. The Bertz CT molecular complexity index is 651. The first-order valence-electron chi connectivity index (χ1n) is 7.80. The van der Waals surface area contributed by atoms with Crippen molar-refractivity contribution < 1.29 is 14.3 Å². The Morgan fingerprint density at radius 3 is 2.21 bits per heavy atom. The van der Waals surface area contributed by atoms with Gasteiger partial charge in [-0.15, -0.1) is 0 Å². The molecule has 24 heavy (non-hydrogen) atoms. The van der Waals surface area contributed by atoms with E-state index in [0.29, 0.717) is 18.0 Å². The third kappa shape index (κ3) is 7.01. The topological polar surface area (TPSA) is 47.6 Å². The van der Waals surface area contributed by atoms with Crippen LogP contribution in [0.5, 0.6) is 11.5 Å². The van der Waals surface area contributed by atoms with Crippen LogP contribution in [0.1, 0.15) is 18.1 Å². The molecule has 128 valence electrons. The number of carbonyl (C=O) groups is 1. The van der Waals surface area contributed by atoms with Gasteiger partial charge in [0, 0.05) is 12.6 Å². The van der Waals surface area contributed by atoms with E-state index in [-0.39, 0.29) is 5.91 Å². The second-order valence-corrected chi connectivity index (χ2v) is 5.00. The third-order valence-electron chi connectivity index (χ3n) is 3.13. The van der Waals surface area contributed by atoms with Crippen LogP contribution >= 0.6 is 0 Å². The maximum absolute atomic E-state index is 11.2. The number of carbonyl (C=O) groups excluding carboxylic acids is 1. The molecular formula is C20H25NO3. The Hall–Kier alpha value is -2.75. The van der Waals surface area contributed by atoms with Crippen LogP contribution in [-0.2, 0) is 4.79 Å². The Labute approximate surface area is 144 Å². The molecule has 0 unspecified atom stereocenters. The fourth-order valence-electron chi connectivity index (χ4n) is 1.90. The Balaban J connectivity index is 0.000000341. The van der Waals surface area contributed by atoms with Crippen LogP contribution in [0.3, 0.4) is 0 Å². The number of amides is 1. The predicted molar refractivity (Wildman–Crippen MR) is 98.4 cm³/mol. The summed E-state index contributed by atoms with van der Waals surface area (Å²) >= 11 is 0. The molecule has 0 saturated heterocycles. The summed E-state index contributed by atoms with van der Waals surface area (Å²) in [6.07, 6.45) is 3.22. The van der Waals surface area contributed by atoms with Gasteiger partial charge in [-0.3, -0.25) is 4.79 Å². The van der Waals surface area contributed by atoms with E-state index in [1.165, 1.54) is 11.6 Å². The molecule has 0 aliphatic carbocycles. The normalized spacial score (nSPS) is 9.83. The summed E-state index contributed by atoms with van der Waals surface area (Å²) in [6, 6.07) is 15.7. The van der Waals surface area contributed by atoms with Crippen LogP contribution in [0, 0.1) is 6.92 Å². The van der Waals surface area contributed by atoms with Crippen LogP contribution in [0.2, 0.25) is 0 Å². The fraction of sp³-hybridized carbons (Fsp3) is 0.250. The van der Waals surface area contributed by atoms with Gasteiger partial charge in [0.1, 0.15) is 0 Å². The van der Waals surface area contributed by atoms with Crippen molar-refractivity contribution in [3.05, 3.63) is 65.7 Å². The zero-order chi connectivity index (χ0) is 17.8. The molecule has 0 radical (unpaired) electrons. The summed E-state index contributed by atoms with van der Waals surface area (Å²) in [5.74, 6) is 1.20. The number of methoxy groups -OCH3 is 2. The van der Waals surface area contributed by atoms with Gasteiger partial charge in [-0.2, -0.15) is 0 Å². The third-order valence-corrected chi connectivity index (χ3v) is 3.13. The molecule has 0 atom stereocenters. The second kappa shape index (κ2) is 10.9. The van der Waals surface area contributed by atoms with Crippen molar-refractivity contribution >= 4 is 12.0 Å². The minimum atomic E-state index is -0.109. The molecule has 0 aliphatic rings. The first-order chi connectivity index (χ1) is 11.6. The lowest BCUT2D eigenvalue weighted by atomic mass is 10.2. The van der Waals surface area contributed by atoms with E-state index >= 15 is 0 Å². The van der Waals surface area contributed by atoms with E-state index in [0.717, 1.165) is 5.56 Å². The monoisotopic (exact) mass is 327 g/mol. The van der Waals surface area contributed by atoms with Crippen molar-refractivity contribution in [1.82, 2.24) is 5.32 Å². The molecule has 0 aliphatic heterocycles. The van der Waals surface area contributed by atoms with Gasteiger partial charge in [0.15, 0.2) is 11.5 Å². The van der Waals surface area contributed by atoms with Crippen molar-refractivity contribution in [1.29, 1.82) is 0 Å². The van der Waals surface area contributed by atoms with Gasteiger partial charge in [-0.25, -0.2) is 0 Å². The van der Waals surface area contributed by atoms with Crippen LogP contribution in [0.15, 0.2) is 54.6 Å². The summed E-state index contributed by atoms with van der Waals surface area (Å²) < 4.78 is 10.3. The minimum absolute atomic E-state index is 0.109. The number of likely N-dealkylation sites (N-methyl/N-ethyl adjacent to an activating group) is 1. The van der Waals surface area contributed by atoms with E-state index < -0.39 is 0 Å². The minimum Gasteiger partial charge on any atom is -0.493 e. The smallest absolute Gasteiger partial charge is 0.243 e. The molecule has 2 aromatic rings. The number of aryl methyl sites for hydroxylation is 1. The number of ether oxygens (including phenoxy) is 2. The highest BCUT2D eigenvalue weighted by Gasteiger charge is 2.02. The molecule has 0 aromatic heterocycles. The molecule has 0 bridgehead atoms. The zero-order valence-electron chi connectivity index (χ0n) is 14.7. The molecule has 4 heteroatoms. The molecule has 0 spiro atoms. The number of hydrogen-bond acceptors (Lipinski definition) is 3. The average molecular weight is 327 g/mol. The zero-order valence-corrected chi connectivity index (χ0v) is 14.7. The number of hydrogen-bond donors (Lipinski definition) is 1. The molecule has 2 aromatic carbocycles. The van der Waals surface area contributed by atoms with Crippen LogP contribution in [-0.4, -0.2) is 26.7 Å². The van der Waals surface area contributed by atoms with E-state index in [1.807, 2.05) is 37.3 Å². The molecule has 4 nitrogen and oxygen atoms in total. The van der Waals surface area contributed by atoms with E-state index in [9.17, 15) is 4.79 Å². The van der Waals surface area contributed by atoms with Crippen molar-refractivity contribution in [2.75, 3.05) is 20.8 Å². The van der Waals surface area contributed by atoms with Gasteiger partial charge >= 0.3 is 0 Å². The first kappa shape index (κ1) is 19.3. The van der Waals surface area contributed by atoms with Gasteiger partial charge < -0.3 is 14.8 Å². The molecular weight excluding hydrogens is 302 g/mol. The molecule has 0 fully saturated rings. The molecule has 2 rings (SSSR count). The van der Waals surface area contributed by atoms with Crippen LogP contribution in [0.4, 0.5) is 0 Å². The summed E-state index contributed by atoms with van der Waals surface area (Å²) in [7, 11) is 3.16. The number of benzene rings is 2. The van der Waals surface area contributed by atoms with Crippen LogP contribution in [0.25, 0.3) is 6.08 Å². The van der Waals surface area contributed by atoms with Crippen molar-refractivity contribution in [3.8, 4) is 11.5 Å².